The topological polar surface area (TPSA) is 78.6 Å². The van der Waals surface area contributed by atoms with Crippen LogP contribution in [0.1, 0.15) is 13.8 Å². The second-order valence-corrected chi connectivity index (χ2v) is 2.16. The highest BCUT2D eigenvalue weighted by molar-refractivity contribution is 5.76. The van der Waals surface area contributed by atoms with Gasteiger partial charge in [0.2, 0.25) is 0 Å². The van der Waals surface area contributed by atoms with Crippen LogP contribution in [0.5, 0.6) is 0 Å². The van der Waals surface area contributed by atoms with Crippen LogP contribution in [0, 0.1) is 0 Å². The largest absolute Gasteiger partial charge is 0.465 e. The molecule has 0 spiro atoms. The van der Waals surface area contributed by atoms with Crippen molar-refractivity contribution < 1.29 is 19.1 Å². The van der Waals surface area contributed by atoms with Crippen LogP contribution in [0.2, 0.25) is 0 Å². The third kappa shape index (κ3) is 4.68. The summed E-state index contributed by atoms with van der Waals surface area (Å²) in [4.78, 5) is 21.1. The molecule has 1 unspecified atom stereocenters. The molecule has 0 aliphatic heterocycles. The van der Waals surface area contributed by atoms with Gasteiger partial charge in [-0.15, -0.1) is 0 Å². The summed E-state index contributed by atoms with van der Waals surface area (Å²) >= 11 is 0. The van der Waals surface area contributed by atoms with Crippen molar-refractivity contribution in [2.24, 2.45) is 5.73 Å². The van der Waals surface area contributed by atoms with Gasteiger partial charge in [-0.2, -0.15) is 0 Å². The first-order chi connectivity index (χ1) is 5.57. The molecule has 0 heterocycles. The molecule has 0 saturated carbocycles. The number of hydrogen-bond donors (Lipinski definition) is 1. The van der Waals surface area contributed by atoms with E-state index in [0.717, 1.165) is 0 Å². The molecule has 2 N–H and O–H groups in total. The Kier molecular flexibility index (Phi) is 5.03. The number of hydrogen-bond acceptors (Lipinski definition) is 5. The number of carbonyl (C=O) groups excluding carboxylic acids is 2. The van der Waals surface area contributed by atoms with Crippen molar-refractivity contribution in [3.63, 3.8) is 0 Å². The smallest absolute Gasteiger partial charge is 0.326 e. The molecule has 0 saturated heterocycles. The molecule has 0 radical (unpaired) electrons. The van der Waals surface area contributed by atoms with Crippen LogP contribution in [-0.2, 0) is 19.1 Å². The average Bonchev–Trinajstić information content (AvgIpc) is 2.00. The van der Waals surface area contributed by atoms with Gasteiger partial charge < -0.3 is 15.2 Å². The summed E-state index contributed by atoms with van der Waals surface area (Å²) in [6, 6.07) is -0.881. The Balaban J connectivity index is 3.63. The molecule has 0 amide bonds. The third-order valence-electron chi connectivity index (χ3n) is 1.06. The lowest BCUT2D eigenvalue weighted by atomic mass is 10.3. The average molecular weight is 175 g/mol. The van der Waals surface area contributed by atoms with E-state index in [1.165, 1.54) is 6.92 Å². The fourth-order valence-corrected chi connectivity index (χ4v) is 0.524. The molecule has 0 aromatic heterocycles. The molecule has 12 heavy (non-hydrogen) atoms. The number of nitrogens with two attached hydrogens (primary N) is 1. The second kappa shape index (κ2) is 5.54. The summed E-state index contributed by atoms with van der Waals surface area (Å²) in [6.07, 6.45) is 0. The van der Waals surface area contributed by atoms with E-state index in [4.69, 9.17) is 5.73 Å². The van der Waals surface area contributed by atoms with E-state index in [1.54, 1.807) is 6.92 Å². The highest BCUT2D eigenvalue weighted by Crippen LogP contribution is 1.87. The zero-order chi connectivity index (χ0) is 9.56. The molecule has 70 valence electrons. The van der Waals surface area contributed by atoms with Crippen LogP contribution in [-0.4, -0.2) is 31.2 Å². The summed E-state index contributed by atoms with van der Waals surface area (Å²) < 4.78 is 9.09. The first-order valence-electron chi connectivity index (χ1n) is 3.63. The number of esters is 2. The molecule has 5 nitrogen and oxygen atoms in total. The highest BCUT2D eigenvalue weighted by atomic mass is 16.5. The van der Waals surface area contributed by atoms with E-state index < -0.39 is 18.0 Å². The zero-order valence-corrected chi connectivity index (χ0v) is 7.20. The van der Waals surface area contributed by atoms with E-state index in [0.29, 0.717) is 0 Å². The van der Waals surface area contributed by atoms with Gasteiger partial charge in [0.05, 0.1) is 6.61 Å². The maximum Gasteiger partial charge on any atom is 0.326 e. The molecular weight excluding hydrogens is 162 g/mol. The molecule has 0 fully saturated rings. The highest BCUT2D eigenvalue weighted by Gasteiger charge is 2.15. The Morgan fingerprint density at radius 1 is 1.42 bits per heavy atom. The van der Waals surface area contributed by atoms with E-state index in [2.05, 4.69) is 9.47 Å². The van der Waals surface area contributed by atoms with Gasteiger partial charge in [0, 0.05) is 6.92 Å². The van der Waals surface area contributed by atoms with Crippen molar-refractivity contribution in [3.05, 3.63) is 0 Å². The van der Waals surface area contributed by atoms with E-state index in [-0.39, 0.29) is 13.2 Å². The van der Waals surface area contributed by atoms with Gasteiger partial charge in [0.25, 0.3) is 0 Å². The van der Waals surface area contributed by atoms with E-state index in [9.17, 15) is 9.59 Å². The van der Waals surface area contributed by atoms with Gasteiger partial charge in [0.1, 0.15) is 12.6 Å². The Morgan fingerprint density at radius 3 is 2.42 bits per heavy atom. The SMILES string of the molecule is CCOC(=O)C(N)COC(C)=O. The zero-order valence-electron chi connectivity index (χ0n) is 7.20. The van der Waals surface area contributed by atoms with Gasteiger partial charge >= 0.3 is 11.9 Å². The van der Waals surface area contributed by atoms with Gasteiger partial charge in [0.15, 0.2) is 0 Å². The lowest BCUT2D eigenvalue weighted by molar-refractivity contribution is -0.149. The van der Waals surface area contributed by atoms with E-state index >= 15 is 0 Å². The van der Waals surface area contributed by atoms with Crippen LogP contribution >= 0.6 is 0 Å². The molecule has 0 aromatic carbocycles. The first-order valence-corrected chi connectivity index (χ1v) is 3.63. The predicted molar refractivity (Wildman–Crippen MR) is 41.2 cm³/mol. The fourth-order valence-electron chi connectivity index (χ4n) is 0.524. The maximum absolute atomic E-state index is 10.8. The number of ether oxygens (including phenoxy) is 2. The van der Waals surface area contributed by atoms with Crippen molar-refractivity contribution in [2.75, 3.05) is 13.2 Å². The van der Waals surface area contributed by atoms with E-state index in [1.807, 2.05) is 0 Å². The molecular formula is C7H13NO4. The van der Waals surface area contributed by atoms with Crippen LogP contribution in [0.3, 0.4) is 0 Å². The van der Waals surface area contributed by atoms with Crippen molar-refractivity contribution in [1.29, 1.82) is 0 Å². The number of rotatable bonds is 4. The van der Waals surface area contributed by atoms with Crippen LogP contribution < -0.4 is 5.73 Å². The second-order valence-electron chi connectivity index (χ2n) is 2.16. The predicted octanol–water partition coefficient (Wildman–Crippen LogP) is -0.560. The van der Waals surface area contributed by atoms with Crippen molar-refractivity contribution in [1.82, 2.24) is 0 Å². The third-order valence-corrected chi connectivity index (χ3v) is 1.06. The van der Waals surface area contributed by atoms with Crippen LogP contribution in [0.15, 0.2) is 0 Å². The Morgan fingerprint density at radius 2 is 2.00 bits per heavy atom. The van der Waals surface area contributed by atoms with Gasteiger partial charge in [-0.25, -0.2) is 0 Å². The molecule has 0 bridgehead atoms. The Labute approximate surface area is 70.8 Å². The summed E-state index contributed by atoms with van der Waals surface area (Å²) in [6.45, 7) is 3.06. The Hall–Kier alpha value is -1.10. The van der Waals surface area contributed by atoms with Crippen molar-refractivity contribution >= 4 is 11.9 Å². The standard InChI is InChI=1S/C7H13NO4/c1-3-11-7(10)6(8)4-12-5(2)9/h6H,3-4,8H2,1-2H3. The summed E-state index contributed by atoms with van der Waals surface area (Å²) in [5.74, 6) is -1.02. The maximum atomic E-state index is 10.8. The minimum Gasteiger partial charge on any atom is -0.465 e. The van der Waals surface area contributed by atoms with Crippen molar-refractivity contribution in [3.8, 4) is 0 Å². The monoisotopic (exact) mass is 175 g/mol. The van der Waals surface area contributed by atoms with Crippen LogP contribution in [0.4, 0.5) is 0 Å². The minimum atomic E-state index is -0.881. The van der Waals surface area contributed by atoms with Gasteiger partial charge in [-0.05, 0) is 6.92 Å². The molecule has 0 aliphatic rings. The van der Waals surface area contributed by atoms with Crippen molar-refractivity contribution in [2.45, 2.75) is 19.9 Å². The lowest BCUT2D eigenvalue weighted by Gasteiger charge is -2.09. The molecule has 1 atom stereocenters. The van der Waals surface area contributed by atoms with Gasteiger partial charge in [-0.3, -0.25) is 9.59 Å². The summed E-state index contributed by atoms with van der Waals surface area (Å²) in [5, 5.41) is 0. The lowest BCUT2D eigenvalue weighted by Crippen LogP contribution is -2.37. The molecule has 0 aromatic rings. The quantitative estimate of drug-likeness (QED) is 0.579. The summed E-state index contributed by atoms with van der Waals surface area (Å²) in [5.41, 5.74) is 5.30. The summed E-state index contributed by atoms with van der Waals surface area (Å²) in [7, 11) is 0. The minimum absolute atomic E-state index is 0.131. The Bertz CT molecular complexity index is 169. The molecule has 5 heteroatoms. The van der Waals surface area contributed by atoms with Crippen LogP contribution in [0.25, 0.3) is 0 Å². The first kappa shape index (κ1) is 10.9. The normalized spacial score (nSPS) is 11.9. The number of carbonyl (C=O) groups is 2. The molecule has 0 aliphatic carbocycles. The fraction of sp³-hybridized carbons (Fsp3) is 0.714. The van der Waals surface area contributed by atoms with Gasteiger partial charge in [-0.1, -0.05) is 0 Å². The molecule has 0 rings (SSSR count).